The van der Waals surface area contributed by atoms with Crippen LogP contribution in [0.3, 0.4) is 0 Å². The number of rotatable bonds is 4. The van der Waals surface area contributed by atoms with Crippen LogP contribution in [0.2, 0.25) is 0 Å². The standard InChI is InChI=1S/C21H15N3OS/c25-20(23-17-12-7-13-22-14-17)19-18(15-8-3-1-4-9-15)24-21(26-19)16-10-5-2-6-11-16/h1-14H,(H,23,25). The molecule has 0 atom stereocenters. The summed E-state index contributed by atoms with van der Waals surface area (Å²) in [5.41, 5.74) is 3.26. The van der Waals surface area contributed by atoms with Crippen LogP contribution in [-0.4, -0.2) is 15.9 Å². The predicted molar refractivity (Wildman–Crippen MR) is 105 cm³/mol. The first-order valence-corrected chi connectivity index (χ1v) is 8.96. The van der Waals surface area contributed by atoms with E-state index in [0.717, 1.165) is 16.1 Å². The normalized spacial score (nSPS) is 10.5. The van der Waals surface area contributed by atoms with Crippen molar-refractivity contribution in [2.45, 2.75) is 0 Å². The van der Waals surface area contributed by atoms with Crippen molar-refractivity contribution in [1.82, 2.24) is 9.97 Å². The molecule has 0 saturated heterocycles. The monoisotopic (exact) mass is 357 g/mol. The highest BCUT2D eigenvalue weighted by atomic mass is 32.1. The molecule has 4 aromatic rings. The Morgan fingerprint density at radius 2 is 1.54 bits per heavy atom. The molecule has 0 unspecified atom stereocenters. The SMILES string of the molecule is O=C(Nc1cccnc1)c1sc(-c2ccccc2)nc1-c1ccccc1. The van der Waals surface area contributed by atoms with E-state index in [-0.39, 0.29) is 5.91 Å². The number of thiazole rings is 1. The molecular formula is C21H15N3OS. The van der Waals surface area contributed by atoms with Crippen molar-refractivity contribution in [3.63, 3.8) is 0 Å². The van der Waals surface area contributed by atoms with Crippen LogP contribution in [0.4, 0.5) is 5.69 Å². The highest BCUT2D eigenvalue weighted by Crippen LogP contribution is 2.34. The lowest BCUT2D eigenvalue weighted by Crippen LogP contribution is -2.11. The van der Waals surface area contributed by atoms with Crippen LogP contribution in [-0.2, 0) is 0 Å². The van der Waals surface area contributed by atoms with Crippen molar-refractivity contribution in [3.05, 3.63) is 90.1 Å². The molecule has 0 aliphatic carbocycles. The molecule has 0 saturated carbocycles. The minimum Gasteiger partial charge on any atom is -0.320 e. The van der Waals surface area contributed by atoms with Gasteiger partial charge in [-0.2, -0.15) is 0 Å². The number of pyridine rings is 1. The van der Waals surface area contributed by atoms with Gasteiger partial charge in [0.15, 0.2) is 0 Å². The summed E-state index contributed by atoms with van der Waals surface area (Å²) in [5, 5.41) is 3.72. The van der Waals surface area contributed by atoms with Gasteiger partial charge < -0.3 is 5.32 Å². The summed E-state index contributed by atoms with van der Waals surface area (Å²) >= 11 is 1.39. The van der Waals surface area contributed by atoms with Crippen LogP contribution >= 0.6 is 11.3 Å². The third kappa shape index (κ3) is 3.38. The number of hydrogen-bond donors (Lipinski definition) is 1. The highest BCUT2D eigenvalue weighted by Gasteiger charge is 2.20. The number of hydrogen-bond acceptors (Lipinski definition) is 4. The van der Waals surface area contributed by atoms with Crippen molar-refractivity contribution in [1.29, 1.82) is 0 Å². The quantitative estimate of drug-likeness (QED) is 0.551. The summed E-state index contributed by atoms with van der Waals surface area (Å²) in [7, 11) is 0. The average Bonchev–Trinajstić information content (AvgIpc) is 3.16. The van der Waals surface area contributed by atoms with E-state index in [9.17, 15) is 4.79 Å². The second-order valence-corrected chi connectivity index (χ2v) is 6.62. The van der Waals surface area contributed by atoms with Crippen LogP contribution in [0.15, 0.2) is 85.2 Å². The minimum absolute atomic E-state index is 0.184. The molecule has 0 aliphatic heterocycles. The third-order valence-electron chi connectivity index (χ3n) is 3.82. The van der Waals surface area contributed by atoms with E-state index in [0.29, 0.717) is 16.3 Å². The van der Waals surface area contributed by atoms with E-state index < -0.39 is 0 Å². The average molecular weight is 357 g/mol. The smallest absolute Gasteiger partial charge is 0.268 e. The summed E-state index contributed by atoms with van der Waals surface area (Å²) in [4.78, 5) is 22.3. The zero-order valence-electron chi connectivity index (χ0n) is 13.8. The van der Waals surface area contributed by atoms with E-state index in [1.165, 1.54) is 11.3 Å². The second kappa shape index (κ2) is 7.29. The van der Waals surface area contributed by atoms with Gasteiger partial charge in [-0.15, -0.1) is 11.3 Å². The molecule has 2 heterocycles. The van der Waals surface area contributed by atoms with Gasteiger partial charge in [-0.05, 0) is 12.1 Å². The van der Waals surface area contributed by atoms with Gasteiger partial charge >= 0.3 is 0 Å². The molecule has 0 radical (unpaired) electrons. The summed E-state index contributed by atoms with van der Waals surface area (Å²) < 4.78 is 0. The van der Waals surface area contributed by atoms with E-state index in [1.807, 2.05) is 66.7 Å². The number of nitrogens with zero attached hydrogens (tertiary/aromatic N) is 2. The fourth-order valence-corrected chi connectivity index (χ4v) is 3.58. The van der Waals surface area contributed by atoms with Crippen molar-refractivity contribution in [2.75, 3.05) is 5.32 Å². The Kier molecular flexibility index (Phi) is 4.53. The zero-order chi connectivity index (χ0) is 17.8. The third-order valence-corrected chi connectivity index (χ3v) is 4.92. The van der Waals surface area contributed by atoms with Gasteiger partial charge in [0.05, 0.1) is 17.6 Å². The number of benzene rings is 2. The molecule has 26 heavy (non-hydrogen) atoms. The highest BCUT2D eigenvalue weighted by molar-refractivity contribution is 7.17. The molecule has 4 nitrogen and oxygen atoms in total. The van der Waals surface area contributed by atoms with Gasteiger partial charge in [0.2, 0.25) is 0 Å². The molecule has 0 fully saturated rings. The first kappa shape index (κ1) is 16.2. The molecule has 0 spiro atoms. The Morgan fingerprint density at radius 3 is 2.19 bits per heavy atom. The van der Waals surface area contributed by atoms with E-state index in [4.69, 9.17) is 4.98 Å². The minimum atomic E-state index is -0.184. The van der Waals surface area contributed by atoms with Gasteiger partial charge in [0.25, 0.3) is 5.91 Å². The van der Waals surface area contributed by atoms with Crippen LogP contribution in [0.25, 0.3) is 21.8 Å². The predicted octanol–water partition coefficient (Wildman–Crippen LogP) is 5.12. The maximum atomic E-state index is 12.9. The molecule has 4 rings (SSSR count). The maximum Gasteiger partial charge on any atom is 0.268 e. The Hall–Kier alpha value is -3.31. The fraction of sp³-hybridized carbons (Fsp3) is 0. The number of aromatic nitrogens is 2. The molecular weight excluding hydrogens is 342 g/mol. The number of amides is 1. The van der Waals surface area contributed by atoms with Gasteiger partial charge in [-0.3, -0.25) is 9.78 Å². The lowest BCUT2D eigenvalue weighted by atomic mass is 10.1. The van der Waals surface area contributed by atoms with Crippen LogP contribution in [0.1, 0.15) is 9.67 Å². The Balaban J connectivity index is 1.77. The van der Waals surface area contributed by atoms with Crippen molar-refractivity contribution in [2.24, 2.45) is 0 Å². The molecule has 126 valence electrons. The summed E-state index contributed by atoms with van der Waals surface area (Å²) in [6.07, 6.45) is 3.30. The van der Waals surface area contributed by atoms with Crippen molar-refractivity contribution >= 4 is 22.9 Å². The van der Waals surface area contributed by atoms with E-state index in [1.54, 1.807) is 18.5 Å². The summed E-state index contributed by atoms with van der Waals surface area (Å²) in [5.74, 6) is -0.184. The molecule has 1 N–H and O–H groups in total. The van der Waals surface area contributed by atoms with Gasteiger partial charge in [-0.25, -0.2) is 4.98 Å². The molecule has 0 bridgehead atoms. The largest absolute Gasteiger partial charge is 0.320 e. The van der Waals surface area contributed by atoms with Crippen molar-refractivity contribution in [3.8, 4) is 21.8 Å². The lowest BCUT2D eigenvalue weighted by Gasteiger charge is -2.04. The maximum absolute atomic E-state index is 12.9. The van der Waals surface area contributed by atoms with Crippen LogP contribution < -0.4 is 5.32 Å². The molecule has 2 aromatic carbocycles. The molecule has 1 amide bonds. The Morgan fingerprint density at radius 1 is 0.846 bits per heavy atom. The second-order valence-electron chi connectivity index (χ2n) is 5.62. The lowest BCUT2D eigenvalue weighted by molar-refractivity contribution is 0.103. The summed E-state index contributed by atoms with van der Waals surface area (Å²) in [6.45, 7) is 0. The molecule has 2 aromatic heterocycles. The Bertz CT molecular complexity index is 1020. The Labute approximate surface area is 155 Å². The van der Waals surface area contributed by atoms with Crippen molar-refractivity contribution < 1.29 is 4.79 Å². The summed E-state index contributed by atoms with van der Waals surface area (Å²) in [6, 6.07) is 23.3. The number of carbonyl (C=O) groups is 1. The first-order valence-electron chi connectivity index (χ1n) is 8.14. The zero-order valence-corrected chi connectivity index (χ0v) is 14.6. The number of anilines is 1. The van der Waals surface area contributed by atoms with E-state index >= 15 is 0 Å². The van der Waals surface area contributed by atoms with Gasteiger partial charge in [0, 0.05) is 17.3 Å². The van der Waals surface area contributed by atoms with E-state index in [2.05, 4.69) is 10.3 Å². The first-order chi connectivity index (χ1) is 12.8. The molecule has 0 aliphatic rings. The van der Waals surface area contributed by atoms with Gasteiger partial charge in [0.1, 0.15) is 9.88 Å². The number of nitrogens with one attached hydrogen (secondary N) is 1. The fourth-order valence-electron chi connectivity index (χ4n) is 2.59. The molecule has 5 heteroatoms. The van der Waals surface area contributed by atoms with Gasteiger partial charge in [-0.1, -0.05) is 60.7 Å². The van der Waals surface area contributed by atoms with Crippen LogP contribution in [0, 0.1) is 0 Å². The number of carbonyl (C=O) groups excluding carboxylic acids is 1. The topological polar surface area (TPSA) is 54.9 Å². The van der Waals surface area contributed by atoms with Crippen LogP contribution in [0.5, 0.6) is 0 Å².